The maximum Gasteiger partial charge on any atom is 0.175 e. The highest BCUT2D eigenvalue weighted by Crippen LogP contribution is 2.29. The summed E-state index contributed by atoms with van der Waals surface area (Å²) in [7, 11) is 3.29. The largest absolute Gasteiger partial charge is 0.497 e. The molecule has 0 N–H and O–H groups in total. The van der Waals surface area contributed by atoms with Gasteiger partial charge in [0.15, 0.2) is 10.9 Å². The van der Waals surface area contributed by atoms with Crippen molar-refractivity contribution in [2.45, 2.75) is 23.9 Å². The molecule has 136 valence electrons. The van der Waals surface area contributed by atoms with Crippen molar-refractivity contribution in [3.63, 3.8) is 0 Å². The van der Waals surface area contributed by atoms with Crippen molar-refractivity contribution in [1.82, 2.24) is 9.55 Å². The number of ketones is 1. The van der Waals surface area contributed by atoms with Crippen LogP contribution in [0.1, 0.15) is 17.3 Å². The van der Waals surface area contributed by atoms with Crippen molar-refractivity contribution in [3.05, 3.63) is 54.1 Å². The Labute approximate surface area is 157 Å². The average molecular weight is 370 g/mol. The van der Waals surface area contributed by atoms with Crippen LogP contribution < -0.4 is 4.74 Å². The van der Waals surface area contributed by atoms with E-state index in [1.807, 2.05) is 31.2 Å². The van der Waals surface area contributed by atoms with Crippen LogP contribution in [0.25, 0.3) is 11.0 Å². The number of hydrogen-bond acceptors (Lipinski definition) is 5. The molecule has 0 bridgehead atoms. The van der Waals surface area contributed by atoms with Gasteiger partial charge in [-0.15, -0.1) is 0 Å². The first kappa shape index (κ1) is 18.5. The van der Waals surface area contributed by atoms with E-state index >= 15 is 0 Å². The van der Waals surface area contributed by atoms with E-state index in [0.29, 0.717) is 18.7 Å². The summed E-state index contributed by atoms with van der Waals surface area (Å²) in [6, 6.07) is 15.2. The van der Waals surface area contributed by atoms with Crippen LogP contribution in [0.2, 0.25) is 0 Å². The third-order valence-corrected chi connectivity index (χ3v) is 5.25. The number of fused-ring (bicyclic) bond motifs is 1. The zero-order valence-corrected chi connectivity index (χ0v) is 16.0. The Morgan fingerprint density at radius 3 is 2.58 bits per heavy atom. The fourth-order valence-corrected chi connectivity index (χ4v) is 3.77. The van der Waals surface area contributed by atoms with Crippen LogP contribution in [0.15, 0.2) is 53.7 Å². The van der Waals surface area contributed by atoms with Gasteiger partial charge in [-0.05, 0) is 43.3 Å². The molecule has 3 rings (SSSR count). The normalized spacial score (nSPS) is 12.3. The monoisotopic (exact) mass is 370 g/mol. The van der Waals surface area contributed by atoms with Gasteiger partial charge < -0.3 is 14.0 Å². The van der Waals surface area contributed by atoms with Crippen LogP contribution in [0.3, 0.4) is 0 Å². The van der Waals surface area contributed by atoms with Crippen molar-refractivity contribution in [2.24, 2.45) is 0 Å². The van der Waals surface area contributed by atoms with Crippen molar-refractivity contribution in [2.75, 3.05) is 20.8 Å². The second-order valence-corrected chi connectivity index (χ2v) is 7.19. The molecule has 0 radical (unpaired) electrons. The van der Waals surface area contributed by atoms with Crippen LogP contribution in [-0.4, -0.2) is 41.4 Å². The van der Waals surface area contributed by atoms with E-state index in [1.54, 1.807) is 38.5 Å². The molecular weight excluding hydrogens is 348 g/mol. The summed E-state index contributed by atoms with van der Waals surface area (Å²) < 4.78 is 12.5. The zero-order chi connectivity index (χ0) is 18.5. The maximum absolute atomic E-state index is 12.8. The number of imidazole rings is 1. The van der Waals surface area contributed by atoms with Crippen molar-refractivity contribution < 1.29 is 14.3 Å². The first-order chi connectivity index (χ1) is 12.6. The van der Waals surface area contributed by atoms with Crippen LogP contribution >= 0.6 is 11.8 Å². The van der Waals surface area contributed by atoms with Gasteiger partial charge in [-0.1, -0.05) is 23.9 Å². The standard InChI is InChI=1S/C20H22N2O3S/c1-14(19(23)15-8-10-16(25-3)11-9-15)26-20-21-17-6-4-5-7-18(17)22(20)12-13-24-2/h4-11,14H,12-13H2,1-3H3/t14-/m0/s1. The topological polar surface area (TPSA) is 53.4 Å². The lowest BCUT2D eigenvalue weighted by Gasteiger charge is -2.12. The van der Waals surface area contributed by atoms with Gasteiger partial charge in [0.05, 0.1) is 30.0 Å². The van der Waals surface area contributed by atoms with Crippen molar-refractivity contribution in [3.8, 4) is 5.75 Å². The van der Waals surface area contributed by atoms with E-state index in [4.69, 9.17) is 14.5 Å². The molecule has 1 aromatic heterocycles. The van der Waals surface area contributed by atoms with Gasteiger partial charge in [-0.3, -0.25) is 4.79 Å². The minimum absolute atomic E-state index is 0.0722. The highest BCUT2D eigenvalue weighted by atomic mass is 32.2. The van der Waals surface area contributed by atoms with Gasteiger partial charge in [0.2, 0.25) is 0 Å². The Morgan fingerprint density at radius 1 is 1.15 bits per heavy atom. The quantitative estimate of drug-likeness (QED) is 0.442. The molecule has 0 unspecified atom stereocenters. The number of aromatic nitrogens is 2. The van der Waals surface area contributed by atoms with Crippen molar-refractivity contribution >= 4 is 28.6 Å². The molecule has 0 fully saturated rings. The molecule has 0 amide bonds. The van der Waals surface area contributed by atoms with E-state index < -0.39 is 0 Å². The number of rotatable bonds is 8. The SMILES string of the molecule is COCCn1c(S[C@@H](C)C(=O)c2ccc(OC)cc2)nc2ccccc21. The number of thioether (sulfide) groups is 1. The first-order valence-electron chi connectivity index (χ1n) is 8.43. The zero-order valence-electron chi connectivity index (χ0n) is 15.1. The van der Waals surface area contributed by atoms with Gasteiger partial charge >= 0.3 is 0 Å². The van der Waals surface area contributed by atoms with Crippen molar-refractivity contribution in [1.29, 1.82) is 0 Å². The van der Waals surface area contributed by atoms with Crippen LogP contribution in [0.4, 0.5) is 0 Å². The number of carbonyl (C=O) groups excluding carboxylic acids is 1. The smallest absolute Gasteiger partial charge is 0.175 e. The number of methoxy groups -OCH3 is 2. The van der Waals surface area contributed by atoms with Gasteiger partial charge in [-0.2, -0.15) is 0 Å². The third kappa shape index (κ3) is 3.92. The molecule has 0 saturated heterocycles. The summed E-state index contributed by atoms with van der Waals surface area (Å²) in [5.41, 5.74) is 2.65. The molecule has 0 aliphatic carbocycles. The fraction of sp³-hybridized carbons (Fsp3) is 0.300. The Balaban J connectivity index is 1.83. The van der Waals surface area contributed by atoms with Gasteiger partial charge in [-0.25, -0.2) is 4.98 Å². The first-order valence-corrected chi connectivity index (χ1v) is 9.31. The summed E-state index contributed by atoms with van der Waals surface area (Å²) in [5.74, 6) is 0.811. The molecule has 2 aromatic carbocycles. The predicted molar refractivity (Wildman–Crippen MR) is 104 cm³/mol. The highest BCUT2D eigenvalue weighted by molar-refractivity contribution is 8.00. The molecule has 0 aliphatic rings. The molecule has 0 saturated carbocycles. The lowest BCUT2D eigenvalue weighted by Crippen LogP contribution is -2.15. The number of Topliss-reactive ketones (excluding diaryl/α,β-unsaturated/α-hetero) is 1. The number of ether oxygens (including phenoxy) is 2. The second kappa shape index (κ2) is 8.38. The van der Waals surface area contributed by atoms with E-state index in [9.17, 15) is 4.79 Å². The Bertz CT molecular complexity index is 890. The summed E-state index contributed by atoms with van der Waals surface area (Å²) in [6.45, 7) is 3.20. The van der Waals surface area contributed by atoms with Gasteiger partial charge in [0.25, 0.3) is 0 Å². The van der Waals surface area contributed by atoms with E-state index in [1.165, 1.54) is 11.8 Å². The second-order valence-electron chi connectivity index (χ2n) is 5.88. The number of nitrogens with zero attached hydrogens (tertiary/aromatic N) is 2. The van der Waals surface area contributed by atoms with Gasteiger partial charge in [0, 0.05) is 19.2 Å². The highest BCUT2D eigenvalue weighted by Gasteiger charge is 2.20. The predicted octanol–water partition coefficient (Wildman–Crippen LogP) is 4.05. The molecule has 1 atom stereocenters. The third-order valence-electron chi connectivity index (χ3n) is 4.16. The number of hydrogen-bond donors (Lipinski definition) is 0. The minimum atomic E-state index is -0.249. The van der Waals surface area contributed by atoms with E-state index in [2.05, 4.69) is 4.57 Å². The molecule has 1 heterocycles. The molecule has 5 nitrogen and oxygen atoms in total. The van der Waals surface area contributed by atoms with Crippen LogP contribution in [0.5, 0.6) is 5.75 Å². The van der Waals surface area contributed by atoms with E-state index in [-0.39, 0.29) is 11.0 Å². The number of carbonyl (C=O) groups is 1. The summed E-state index contributed by atoms with van der Waals surface area (Å²) >= 11 is 1.47. The number of para-hydroxylation sites is 2. The fourth-order valence-electron chi connectivity index (χ4n) is 2.74. The lowest BCUT2D eigenvalue weighted by molar-refractivity contribution is 0.0994. The summed E-state index contributed by atoms with van der Waals surface area (Å²) in [5, 5.41) is 0.583. The molecule has 0 aliphatic heterocycles. The molecule has 6 heteroatoms. The minimum Gasteiger partial charge on any atom is -0.497 e. The van der Waals surface area contributed by atoms with E-state index in [0.717, 1.165) is 21.9 Å². The average Bonchev–Trinajstić information content (AvgIpc) is 3.02. The molecular formula is C20H22N2O3S. The maximum atomic E-state index is 12.8. The summed E-state index contributed by atoms with van der Waals surface area (Å²) in [6.07, 6.45) is 0. The molecule has 26 heavy (non-hydrogen) atoms. The van der Waals surface area contributed by atoms with Crippen LogP contribution in [-0.2, 0) is 11.3 Å². The Hall–Kier alpha value is -2.31. The molecule has 0 spiro atoms. The Kier molecular flexibility index (Phi) is 5.96. The van der Waals surface area contributed by atoms with Crippen LogP contribution in [0, 0.1) is 0 Å². The number of benzene rings is 2. The van der Waals surface area contributed by atoms with Gasteiger partial charge in [0.1, 0.15) is 5.75 Å². The Morgan fingerprint density at radius 2 is 1.88 bits per heavy atom. The molecule has 3 aromatic rings. The lowest BCUT2D eigenvalue weighted by atomic mass is 10.1. The summed E-state index contributed by atoms with van der Waals surface area (Å²) in [4.78, 5) is 17.5.